The van der Waals surface area contributed by atoms with Crippen LogP contribution in [0.3, 0.4) is 0 Å². The van der Waals surface area contributed by atoms with Crippen molar-refractivity contribution < 1.29 is 19.1 Å². The van der Waals surface area contributed by atoms with Crippen molar-refractivity contribution in [3.8, 4) is 5.75 Å². The summed E-state index contributed by atoms with van der Waals surface area (Å²) in [4.78, 5) is 39.2. The van der Waals surface area contributed by atoms with Crippen LogP contribution in [-0.2, 0) is 16.2 Å². The highest BCUT2D eigenvalue weighted by Crippen LogP contribution is 2.36. The van der Waals surface area contributed by atoms with E-state index in [1.807, 2.05) is 0 Å². The van der Waals surface area contributed by atoms with E-state index in [1.165, 1.54) is 6.08 Å². The van der Waals surface area contributed by atoms with Gasteiger partial charge in [0.1, 0.15) is 17.9 Å². The zero-order valence-corrected chi connectivity index (χ0v) is 23.7. The van der Waals surface area contributed by atoms with Gasteiger partial charge in [0.2, 0.25) is 0 Å². The summed E-state index contributed by atoms with van der Waals surface area (Å²) >= 11 is 22.4. The van der Waals surface area contributed by atoms with Crippen LogP contribution in [-0.4, -0.2) is 17.8 Å². The summed E-state index contributed by atoms with van der Waals surface area (Å²) in [6.07, 6.45) is 1.38. The maximum absolute atomic E-state index is 13.2. The monoisotopic (exact) mass is 700 g/mol. The zero-order chi connectivity index (χ0) is 25.3. The number of benzene rings is 3. The van der Waals surface area contributed by atoms with Gasteiger partial charge in [0, 0.05) is 30.1 Å². The molecule has 1 aliphatic heterocycles. The van der Waals surface area contributed by atoms with Gasteiger partial charge < -0.3 is 4.74 Å². The first-order valence-corrected chi connectivity index (χ1v) is 13.0. The lowest BCUT2D eigenvalue weighted by Crippen LogP contribution is -2.54. The summed E-state index contributed by atoms with van der Waals surface area (Å²) in [6.45, 7) is 0.107. The van der Waals surface area contributed by atoms with E-state index in [4.69, 9.17) is 27.9 Å². The maximum Gasteiger partial charge on any atom is 0.335 e. The van der Waals surface area contributed by atoms with Crippen LogP contribution < -0.4 is 15.0 Å². The summed E-state index contributed by atoms with van der Waals surface area (Å²) in [5.74, 6) is -1.19. The van der Waals surface area contributed by atoms with Crippen LogP contribution in [0.25, 0.3) is 6.08 Å². The van der Waals surface area contributed by atoms with E-state index in [9.17, 15) is 14.4 Å². The van der Waals surface area contributed by atoms with Crippen LogP contribution in [0.4, 0.5) is 10.5 Å². The second-order valence-electron chi connectivity index (χ2n) is 7.26. The molecular formula is C24H13Br3Cl2N2O4. The standard InChI is InChI=1S/C24H13Br3Cl2N2O4/c25-14-2-5-17(6-3-14)31-23(33)18(22(32)30-24(31)34)8-13-7-15(26)9-19(27)21(13)35-11-12-1-4-16(28)10-20(12)29/h1-10H,11H2,(H,30,32,34)/b18-8+. The zero-order valence-electron chi connectivity index (χ0n) is 17.5. The lowest BCUT2D eigenvalue weighted by atomic mass is 10.1. The molecule has 4 rings (SSSR count). The number of urea groups is 1. The van der Waals surface area contributed by atoms with Crippen molar-refractivity contribution in [2.45, 2.75) is 6.61 Å². The van der Waals surface area contributed by atoms with Gasteiger partial charge in [-0.25, -0.2) is 9.69 Å². The summed E-state index contributed by atoms with van der Waals surface area (Å²) in [5, 5.41) is 3.16. The molecule has 0 unspecified atom stereocenters. The topological polar surface area (TPSA) is 75.7 Å². The number of carbonyl (C=O) groups is 3. The average molecular weight is 704 g/mol. The molecule has 1 heterocycles. The lowest BCUT2D eigenvalue weighted by molar-refractivity contribution is -0.122. The molecule has 1 saturated heterocycles. The number of barbiturate groups is 1. The van der Waals surface area contributed by atoms with Crippen molar-refractivity contribution in [1.82, 2.24) is 5.32 Å². The van der Waals surface area contributed by atoms with Crippen LogP contribution in [0.15, 0.2) is 73.6 Å². The number of hydrogen-bond donors (Lipinski definition) is 1. The number of carbonyl (C=O) groups excluding carboxylic acids is 3. The molecule has 3 aromatic rings. The van der Waals surface area contributed by atoms with Crippen molar-refractivity contribution in [3.05, 3.63) is 94.8 Å². The number of nitrogens with zero attached hydrogens (tertiary/aromatic N) is 1. The van der Waals surface area contributed by atoms with Crippen molar-refractivity contribution in [1.29, 1.82) is 0 Å². The van der Waals surface area contributed by atoms with Crippen LogP contribution in [0, 0.1) is 0 Å². The minimum Gasteiger partial charge on any atom is -0.487 e. The molecule has 3 aromatic carbocycles. The quantitative estimate of drug-likeness (QED) is 0.220. The third-order valence-corrected chi connectivity index (χ3v) is 7.07. The first kappa shape index (κ1) is 25.9. The molecule has 0 spiro atoms. The minimum absolute atomic E-state index is 0.107. The molecule has 0 atom stereocenters. The van der Waals surface area contributed by atoms with Crippen LogP contribution in [0.5, 0.6) is 5.75 Å². The van der Waals surface area contributed by atoms with Crippen molar-refractivity contribution in [2.24, 2.45) is 0 Å². The fourth-order valence-electron chi connectivity index (χ4n) is 3.27. The van der Waals surface area contributed by atoms with Gasteiger partial charge in [0.25, 0.3) is 11.8 Å². The smallest absolute Gasteiger partial charge is 0.335 e. The Labute approximate surface area is 235 Å². The number of rotatable bonds is 5. The van der Waals surface area contributed by atoms with Crippen molar-refractivity contribution in [3.63, 3.8) is 0 Å². The molecule has 1 N–H and O–H groups in total. The molecule has 0 aliphatic carbocycles. The Morgan fingerprint density at radius 1 is 0.914 bits per heavy atom. The molecule has 0 radical (unpaired) electrons. The molecule has 11 heteroatoms. The van der Waals surface area contributed by atoms with Gasteiger partial charge in [-0.3, -0.25) is 14.9 Å². The number of hydrogen-bond acceptors (Lipinski definition) is 4. The highest BCUT2D eigenvalue weighted by molar-refractivity contribution is 9.11. The average Bonchev–Trinajstić information content (AvgIpc) is 2.78. The number of amides is 4. The fourth-order valence-corrected chi connectivity index (χ4v) is 5.37. The normalized spacial score (nSPS) is 14.9. The molecule has 1 aliphatic rings. The lowest BCUT2D eigenvalue weighted by Gasteiger charge is -2.26. The van der Waals surface area contributed by atoms with Gasteiger partial charge in [-0.05, 0) is 70.5 Å². The molecule has 178 valence electrons. The Bertz CT molecular complexity index is 1390. The number of imide groups is 2. The van der Waals surface area contributed by atoms with E-state index in [-0.39, 0.29) is 12.2 Å². The SMILES string of the molecule is O=C1NC(=O)N(c2ccc(Br)cc2)C(=O)/C1=C/c1cc(Br)cc(Br)c1OCc1ccc(Cl)cc1Cl. The first-order chi connectivity index (χ1) is 16.6. The summed E-state index contributed by atoms with van der Waals surface area (Å²) < 4.78 is 8.05. The van der Waals surface area contributed by atoms with Crippen molar-refractivity contribution in [2.75, 3.05) is 4.90 Å². The predicted octanol–water partition coefficient (Wildman–Crippen LogP) is 7.53. The number of halogens is 5. The number of anilines is 1. The number of ether oxygens (including phenoxy) is 1. The van der Waals surface area contributed by atoms with E-state index < -0.39 is 17.8 Å². The molecule has 0 aromatic heterocycles. The van der Waals surface area contributed by atoms with E-state index in [1.54, 1.807) is 54.6 Å². The molecule has 0 bridgehead atoms. The van der Waals surface area contributed by atoms with Gasteiger partial charge in [-0.15, -0.1) is 0 Å². The van der Waals surface area contributed by atoms with Gasteiger partial charge in [0.05, 0.1) is 10.2 Å². The Hall–Kier alpha value is -2.17. The Morgan fingerprint density at radius 2 is 1.63 bits per heavy atom. The van der Waals surface area contributed by atoms with Crippen LogP contribution in [0.2, 0.25) is 10.0 Å². The first-order valence-electron chi connectivity index (χ1n) is 9.87. The largest absolute Gasteiger partial charge is 0.487 e. The van der Waals surface area contributed by atoms with E-state index >= 15 is 0 Å². The predicted molar refractivity (Wildman–Crippen MR) is 146 cm³/mol. The Kier molecular flexibility index (Phi) is 8.02. The third-order valence-electron chi connectivity index (χ3n) is 4.91. The second-order valence-corrected chi connectivity index (χ2v) is 10.8. The van der Waals surface area contributed by atoms with Crippen LogP contribution in [0.1, 0.15) is 11.1 Å². The van der Waals surface area contributed by atoms with Crippen LogP contribution >= 0.6 is 71.0 Å². The third kappa shape index (κ3) is 5.81. The molecule has 35 heavy (non-hydrogen) atoms. The molecule has 4 amide bonds. The fraction of sp³-hybridized carbons (Fsp3) is 0.0417. The van der Waals surface area contributed by atoms with Gasteiger partial charge >= 0.3 is 6.03 Å². The highest BCUT2D eigenvalue weighted by atomic mass is 79.9. The van der Waals surface area contributed by atoms with Crippen molar-refractivity contribution >= 4 is 101 Å². The molecule has 1 fully saturated rings. The Morgan fingerprint density at radius 3 is 2.31 bits per heavy atom. The second kappa shape index (κ2) is 10.8. The Balaban J connectivity index is 1.71. The molecule has 0 saturated carbocycles. The number of nitrogens with one attached hydrogen (secondary N) is 1. The van der Waals surface area contributed by atoms with Gasteiger partial charge in [-0.2, -0.15) is 0 Å². The van der Waals surface area contributed by atoms with Gasteiger partial charge in [-0.1, -0.05) is 61.1 Å². The van der Waals surface area contributed by atoms with E-state index in [0.717, 1.165) is 9.37 Å². The minimum atomic E-state index is -0.830. The van der Waals surface area contributed by atoms with E-state index in [2.05, 4.69) is 53.1 Å². The van der Waals surface area contributed by atoms with Gasteiger partial charge in [0.15, 0.2) is 0 Å². The highest BCUT2D eigenvalue weighted by Gasteiger charge is 2.37. The maximum atomic E-state index is 13.2. The summed E-state index contributed by atoms with van der Waals surface area (Å²) in [7, 11) is 0. The molecule has 6 nitrogen and oxygen atoms in total. The van der Waals surface area contributed by atoms with E-state index in [0.29, 0.717) is 41.6 Å². The summed E-state index contributed by atoms with van der Waals surface area (Å²) in [6, 6.07) is 14.2. The molecular weight excluding hydrogens is 691 g/mol. The summed E-state index contributed by atoms with van der Waals surface area (Å²) in [5.41, 5.74) is 1.22.